The zero-order chi connectivity index (χ0) is 18.5. The minimum atomic E-state index is -0.466. The Bertz CT molecular complexity index is 917. The zero-order valence-corrected chi connectivity index (χ0v) is 14.1. The number of hydrogen-bond acceptors (Lipinski definition) is 6. The summed E-state index contributed by atoms with van der Waals surface area (Å²) in [6.07, 6.45) is 2.94. The third-order valence-corrected chi connectivity index (χ3v) is 3.83. The lowest BCUT2D eigenvalue weighted by Crippen LogP contribution is -2.22. The van der Waals surface area contributed by atoms with Crippen molar-refractivity contribution in [2.45, 2.75) is 26.6 Å². The van der Waals surface area contributed by atoms with E-state index in [1.807, 2.05) is 6.07 Å². The van der Waals surface area contributed by atoms with Crippen molar-refractivity contribution in [1.82, 2.24) is 29.9 Å². The van der Waals surface area contributed by atoms with Gasteiger partial charge in [0.1, 0.15) is 18.4 Å². The van der Waals surface area contributed by atoms with E-state index in [1.54, 1.807) is 42.1 Å². The van der Waals surface area contributed by atoms with E-state index in [1.165, 1.54) is 10.8 Å². The Hall–Kier alpha value is -3.56. The number of carbonyl (C=O) groups is 1. The molecule has 26 heavy (non-hydrogen) atoms. The van der Waals surface area contributed by atoms with Gasteiger partial charge in [0.25, 0.3) is 5.91 Å². The molecule has 1 N–H and O–H groups in total. The number of nitrogens with zero attached hydrogens (tertiary/aromatic N) is 6. The quantitative estimate of drug-likeness (QED) is 0.504. The molecule has 10 nitrogen and oxygen atoms in total. The molecular weight excluding hydrogens is 338 g/mol. The number of nitrogens with one attached hydrogen (secondary N) is 1. The summed E-state index contributed by atoms with van der Waals surface area (Å²) in [6, 6.07) is 8.89. The Balaban J connectivity index is 1.56. The fourth-order valence-corrected chi connectivity index (χ4v) is 2.47. The minimum Gasteiger partial charge on any atom is -0.358 e. The molecule has 3 rings (SSSR count). The number of amides is 1. The largest absolute Gasteiger partial charge is 0.358 e. The third kappa shape index (κ3) is 3.91. The number of hydrogen-bond donors (Lipinski definition) is 1. The third-order valence-electron chi connectivity index (χ3n) is 3.83. The molecule has 0 radical (unpaired) electrons. The SMILES string of the molecule is Cc1ncc([N+](=O)[O-])n1CCn1cc(CNC(=O)c2ccccc2)nn1. The van der Waals surface area contributed by atoms with E-state index in [9.17, 15) is 14.9 Å². The molecule has 0 aliphatic heterocycles. The Morgan fingerprint density at radius 1 is 1.27 bits per heavy atom. The van der Waals surface area contributed by atoms with Gasteiger partial charge in [0.05, 0.1) is 19.3 Å². The standard InChI is InChI=1S/C16H17N7O3/c1-12-17-10-15(23(25)26)22(12)8-7-21-11-14(19-20-21)9-18-16(24)13-5-3-2-4-6-13/h2-6,10-11H,7-9H2,1H3,(H,18,24). The van der Waals surface area contributed by atoms with Gasteiger partial charge >= 0.3 is 5.82 Å². The van der Waals surface area contributed by atoms with Crippen LogP contribution in [-0.4, -0.2) is 35.4 Å². The van der Waals surface area contributed by atoms with E-state index in [4.69, 9.17) is 0 Å². The van der Waals surface area contributed by atoms with Crippen LogP contribution in [0.25, 0.3) is 0 Å². The maximum absolute atomic E-state index is 12.0. The summed E-state index contributed by atoms with van der Waals surface area (Å²) in [7, 11) is 0. The number of aromatic nitrogens is 5. The van der Waals surface area contributed by atoms with Gasteiger partial charge in [-0.3, -0.25) is 4.79 Å². The first-order valence-electron chi connectivity index (χ1n) is 7.93. The summed E-state index contributed by atoms with van der Waals surface area (Å²) >= 11 is 0. The topological polar surface area (TPSA) is 121 Å². The predicted molar refractivity (Wildman–Crippen MR) is 91.3 cm³/mol. The molecule has 0 fully saturated rings. The van der Waals surface area contributed by atoms with Crippen LogP contribution in [0.4, 0.5) is 5.82 Å². The van der Waals surface area contributed by atoms with Gasteiger partial charge < -0.3 is 15.4 Å². The number of benzene rings is 1. The first kappa shape index (κ1) is 17.3. The molecule has 0 atom stereocenters. The van der Waals surface area contributed by atoms with Crippen molar-refractivity contribution in [2.24, 2.45) is 0 Å². The minimum absolute atomic E-state index is 0.0574. The van der Waals surface area contributed by atoms with Crippen LogP contribution in [0.15, 0.2) is 42.7 Å². The van der Waals surface area contributed by atoms with Gasteiger partial charge in [-0.05, 0) is 17.1 Å². The van der Waals surface area contributed by atoms with Gasteiger partial charge in [0.2, 0.25) is 0 Å². The van der Waals surface area contributed by atoms with E-state index in [0.717, 1.165) is 0 Å². The molecule has 0 saturated heterocycles. The van der Waals surface area contributed by atoms with Crippen molar-refractivity contribution < 1.29 is 9.72 Å². The molecule has 10 heteroatoms. The first-order valence-corrected chi connectivity index (χ1v) is 7.93. The number of nitro groups is 1. The fourth-order valence-electron chi connectivity index (χ4n) is 2.47. The lowest BCUT2D eigenvalue weighted by molar-refractivity contribution is -0.392. The average molecular weight is 355 g/mol. The van der Waals surface area contributed by atoms with Gasteiger partial charge in [-0.15, -0.1) is 5.10 Å². The maximum atomic E-state index is 12.0. The lowest BCUT2D eigenvalue weighted by atomic mass is 10.2. The van der Waals surface area contributed by atoms with E-state index >= 15 is 0 Å². The van der Waals surface area contributed by atoms with Crippen molar-refractivity contribution in [3.8, 4) is 0 Å². The van der Waals surface area contributed by atoms with Crippen molar-refractivity contribution in [3.63, 3.8) is 0 Å². The molecule has 2 heterocycles. The summed E-state index contributed by atoms with van der Waals surface area (Å²) in [6.45, 7) is 2.70. The molecule has 1 aromatic carbocycles. The summed E-state index contributed by atoms with van der Waals surface area (Å²) in [5.74, 6) is 0.315. The normalized spacial score (nSPS) is 10.7. The van der Waals surface area contributed by atoms with Crippen LogP contribution < -0.4 is 5.32 Å². The Morgan fingerprint density at radius 3 is 2.77 bits per heavy atom. The van der Waals surface area contributed by atoms with Crippen LogP contribution in [-0.2, 0) is 19.6 Å². The number of imidazole rings is 1. The van der Waals surface area contributed by atoms with E-state index in [0.29, 0.717) is 30.2 Å². The number of rotatable bonds is 7. The second kappa shape index (κ2) is 7.55. The Kier molecular flexibility index (Phi) is 5.02. The first-order chi connectivity index (χ1) is 12.5. The molecule has 1 amide bonds. The van der Waals surface area contributed by atoms with E-state index in [2.05, 4.69) is 20.6 Å². The summed E-state index contributed by atoms with van der Waals surface area (Å²) in [5, 5.41) is 21.7. The highest BCUT2D eigenvalue weighted by Crippen LogP contribution is 2.13. The molecule has 0 bridgehead atoms. The van der Waals surface area contributed by atoms with Crippen molar-refractivity contribution >= 4 is 11.7 Å². The van der Waals surface area contributed by atoms with Crippen LogP contribution in [0.5, 0.6) is 0 Å². The highest BCUT2D eigenvalue weighted by Gasteiger charge is 2.17. The summed E-state index contributed by atoms with van der Waals surface area (Å²) < 4.78 is 3.09. The van der Waals surface area contributed by atoms with Crippen LogP contribution in [0.2, 0.25) is 0 Å². The predicted octanol–water partition coefficient (Wildman–Crippen LogP) is 1.32. The molecule has 134 valence electrons. The van der Waals surface area contributed by atoms with Crippen molar-refractivity contribution in [3.05, 3.63) is 69.9 Å². The molecule has 3 aromatic rings. The molecule has 0 aliphatic carbocycles. The molecule has 0 saturated carbocycles. The van der Waals surface area contributed by atoms with Crippen molar-refractivity contribution in [1.29, 1.82) is 0 Å². The Labute approximate surface area is 148 Å². The maximum Gasteiger partial charge on any atom is 0.342 e. The fraction of sp³-hybridized carbons (Fsp3) is 0.250. The monoisotopic (exact) mass is 355 g/mol. The summed E-state index contributed by atoms with van der Waals surface area (Å²) in [4.78, 5) is 26.5. The highest BCUT2D eigenvalue weighted by atomic mass is 16.6. The zero-order valence-electron chi connectivity index (χ0n) is 14.1. The average Bonchev–Trinajstić information content (AvgIpc) is 3.25. The van der Waals surface area contributed by atoms with Gasteiger partial charge in [-0.1, -0.05) is 23.4 Å². The molecule has 0 spiro atoms. The van der Waals surface area contributed by atoms with Crippen molar-refractivity contribution in [2.75, 3.05) is 0 Å². The van der Waals surface area contributed by atoms with Gasteiger partial charge in [-0.2, -0.15) is 0 Å². The van der Waals surface area contributed by atoms with Gasteiger partial charge in [0.15, 0.2) is 5.82 Å². The van der Waals surface area contributed by atoms with E-state index < -0.39 is 4.92 Å². The second-order valence-corrected chi connectivity index (χ2v) is 5.59. The molecule has 0 aliphatic rings. The second-order valence-electron chi connectivity index (χ2n) is 5.59. The lowest BCUT2D eigenvalue weighted by Gasteiger charge is -2.03. The van der Waals surface area contributed by atoms with E-state index in [-0.39, 0.29) is 18.3 Å². The number of carbonyl (C=O) groups excluding carboxylic acids is 1. The highest BCUT2D eigenvalue weighted by molar-refractivity contribution is 5.93. The van der Waals surface area contributed by atoms with Crippen LogP contribution in [0.3, 0.4) is 0 Å². The summed E-state index contributed by atoms with van der Waals surface area (Å²) in [5.41, 5.74) is 1.17. The molecule has 2 aromatic heterocycles. The Morgan fingerprint density at radius 2 is 2.04 bits per heavy atom. The van der Waals surface area contributed by atoms with Crippen LogP contribution >= 0.6 is 0 Å². The van der Waals surface area contributed by atoms with Gasteiger partial charge in [0, 0.05) is 12.5 Å². The molecule has 0 unspecified atom stereocenters. The number of aryl methyl sites for hydroxylation is 2. The smallest absolute Gasteiger partial charge is 0.342 e. The van der Waals surface area contributed by atoms with Gasteiger partial charge in [-0.25, -0.2) is 14.2 Å². The molecular formula is C16H17N7O3. The van der Waals surface area contributed by atoms with Crippen LogP contribution in [0, 0.1) is 17.0 Å². The van der Waals surface area contributed by atoms with Crippen LogP contribution in [0.1, 0.15) is 21.9 Å².